The summed E-state index contributed by atoms with van der Waals surface area (Å²) >= 11 is 1.16. The number of thiophene rings is 1. The second-order valence-corrected chi connectivity index (χ2v) is 8.88. The Morgan fingerprint density at radius 3 is 2.73 bits per heavy atom. The molecule has 1 atom stereocenters. The third-order valence-electron chi connectivity index (χ3n) is 4.09. The molecule has 2 aromatic heterocycles. The molecular weight excluding hydrogens is 378 g/mol. The molecule has 0 radical (unpaired) electrons. The second kappa shape index (κ2) is 8.02. The van der Waals surface area contributed by atoms with E-state index in [-0.39, 0.29) is 23.3 Å². The first-order chi connectivity index (χ1) is 12.5. The molecule has 0 saturated carbocycles. The van der Waals surface area contributed by atoms with E-state index in [1.54, 1.807) is 29.6 Å². The molecule has 0 bridgehead atoms. The predicted octanol–water partition coefficient (Wildman–Crippen LogP) is 0.927. The molecule has 10 heteroatoms. The van der Waals surface area contributed by atoms with E-state index in [0.29, 0.717) is 18.7 Å². The molecule has 1 unspecified atom stereocenters. The zero-order valence-electron chi connectivity index (χ0n) is 13.9. The minimum atomic E-state index is -3.56. The first-order valence-corrected chi connectivity index (χ1v) is 10.4. The number of hydrogen-bond donors (Lipinski definition) is 2. The van der Waals surface area contributed by atoms with Gasteiger partial charge in [0.25, 0.3) is 10.0 Å². The molecule has 8 nitrogen and oxygen atoms in total. The maximum atomic E-state index is 12.7. The van der Waals surface area contributed by atoms with E-state index in [1.807, 2.05) is 0 Å². The normalized spacial score (nSPS) is 17.9. The van der Waals surface area contributed by atoms with Gasteiger partial charge in [-0.1, -0.05) is 6.07 Å². The summed E-state index contributed by atoms with van der Waals surface area (Å²) in [5, 5.41) is 6.68. The van der Waals surface area contributed by atoms with Gasteiger partial charge in [-0.25, -0.2) is 8.42 Å². The van der Waals surface area contributed by atoms with Gasteiger partial charge in [0.1, 0.15) is 9.97 Å². The molecule has 0 aromatic carbocycles. The first-order valence-electron chi connectivity index (χ1n) is 8.12. The van der Waals surface area contributed by atoms with E-state index in [0.717, 1.165) is 17.8 Å². The van der Waals surface area contributed by atoms with Crippen LogP contribution in [0.5, 0.6) is 0 Å². The minimum absolute atomic E-state index is 0.0949. The Morgan fingerprint density at radius 2 is 2.04 bits per heavy atom. The van der Waals surface area contributed by atoms with Crippen LogP contribution < -0.4 is 10.6 Å². The summed E-state index contributed by atoms with van der Waals surface area (Å²) in [4.78, 5) is 23.7. The second-order valence-electron chi connectivity index (χ2n) is 5.82. The van der Waals surface area contributed by atoms with Crippen LogP contribution in [0, 0.1) is 0 Å². The van der Waals surface area contributed by atoms with Crippen molar-refractivity contribution in [2.75, 3.05) is 13.1 Å². The fraction of sp³-hybridized carbons (Fsp3) is 0.375. The van der Waals surface area contributed by atoms with Gasteiger partial charge < -0.3 is 15.1 Å². The number of hydrogen-bond acceptors (Lipinski definition) is 6. The van der Waals surface area contributed by atoms with Gasteiger partial charge in [0.15, 0.2) is 0 Å². The van der Waals surface area contributed by atoms with Gasteiger partial charge in [-0.05, 0) is 36.4 Å². The molecule has 0 aliphatic carbocycles. The molecule has 1 fully saturated rings. The van der Waals surface area contributed by atoms with Crippen molar-refractivity contribution >= 4 is 33.2 Å². The number of carbonyl (C=O) groups excluding carboxylic acids is 2. The van der Waals surface area contributed by atoms with Crippen LogP contribution in [0.25, 0.3) is 0 Å². The molecule has 26 heavy (non-hydrogen) atoms. The average Bonchev–Trinajstić information content (AvgIpc) is 3.39. The number of furan rings is 1. The molecular formula is C16H19N3O5S2. The standard InChI is InChI=1S/C16H19N3O5S2/c20-15(16(21)18-11-13-5-2-8-24-13)17-10-12-4-1-7-19(12)26(22,23)14-6-3-9-25-14/h2-3,5-6,8-9,12H,1,4,7,10-11H2,(H,17,20)(H,18,21). The fourth-order valence-corrected chi connectivity index (χ4v) is 5.62. The lowest BCUT2D eigenvalue weighted by Crippen LogP contribution is -2.46. The lowest BCUT2D eigenvalue weighted by atomic mass is 10.2. The van der Waals surface area contributed by atoms with Crippen molar-refractivity contribution in [2.24, 2.45) is 0 Å². The van der Waals surface area contributed by atoms with Crippen LogP contribution in [0.4, 0.5) is 0 Å². The van der Waals surface area contributed by atoms with Crippen molar-refractivity contribution in [3.8, 4) is 0 Å². The zero-order valence-corrected chi connectivity index (χ0v) is 15.5. The largest absolute Gasteiger partial charge is 0.467 e. The highest BCUT2D eigenvalue weighted by Crippen LogP contribution is 2.28. The Kier molecular flexibility index (Phi) is 5.74. The van der Waals surface area contributed by atoms with E-state index >= 15 is 0 Å². The number of carbonyl (C=O) groups is 2. The van der Waals surface area contributed by atoms with Gasteiger partial charge in [0.05, 0.1) is 12.8 Å². The Bertz CT molecular complexity index is 847. The van der Waals surface area contributed by atoms with Crippen molar-refractivity contribution < 1.29 is 22.4 Å². The third kappa shape index (κ3) is 4.14. The summed E-state index contributed by atoms with van der Waals surface area (Å²) in [5.74, 6) is -1.04. The SMILES string of the molecule is O=C(NCc1ccco1)C(=O)NCC1CCCN1S(=O)(=O)c1cccs1. The molecule has 140 valence electrons. The van der Waals surface area contributed by atoms with Crippen LogP contribution >= 0.6 is 11.3 Å². The minimum Gasteiger partial charge on any atom is -0.467 e. The maximum absolute atomic E-state index is 12.7. The fourth-order valence-electron chi connectivity index (χ4n) is 2.81. The molecule has 2 N–H and O–H groups in total. The molecule has 3 heterocycles. The highest BCUT2D eigenvalue weighted by molar-refractivity contribution is 7.91. The van der Waals surface area contributed by atoms with E-state index in [2.05, 4.69) is 10.6 Å². The third-order valence-corrected chi connectivity index (χ3v) is 7.41. The van der Waals surface area contributed by atoms with Crippen LogP contribution in [0.1, 0.15) is 18.6 Å². The number of amides is 2. The van der Waals surface area contributed by atoms with Crippen LogP contribution in [-0.4, -0.2) is 43.7 Å². The first kappa shape index (κ1) is 18.6. The topological polar surface area (TPSA) is 109 Å². The van der Waals surface area contributed by atoms with Gasteiger partial charge in [-0.2, -0.15) is 4.31 Å². The van der Waals surface area contributed by atoms with Gasteiger partial charge in [0.2, 0.25) is 0 Å². The Hall–Kier alpha value is -2.17. The summed E-state index contributed by atoms with van der Waals surface area (Å²) in [6, 6.07) is 6.27. The lowest BCUT2D eigenvalue weighted by molar-refractivity contribution is -0.139. The van der Waals surface area contributed by atoms with Crippen LogP contribution in [-0.2, 0) is 26.2 Å². The molecule has 2 aromatic rings. The summed E-state index contributed by atoms with van der Waals surface area (Å²) < 4.78 is 32.1. The van der Waals surface area contributed by atoms with Gasteiger partial charge in [-0.3, -0.25) is 9.59 Å². The van der Waals surface area contributed by atoms with E-state index in [1.165, 1.54) is 10.6 Å². The van der Waals surface area contributed by atoms with Crippen molar-refractivity contribution in [3.63, 3.8) is 0 Å². The lowest BCUT2D eigenvalue weighted by Gasteiger charge is -2.23. The molecule has 1 saturated heterocycles. The molecule has 3 rings (SSSR count). The van der Waals surface area contributed by atoms with E-state index in [4.69, 9.17) is 4.42 Å². The van der Waals surface area contributed by atoms with Gasteiger partial charge in [0, 0.05) is 19.1 Å². The highest BCUT2D eigenvalue weighted by atomic mass is 32.2. The molecule has 0 spiro atoms. The number of rotatable bonds is 6. The Balaban J connectivity index is 1.53. The monoisotopic (exact) mass is 397 g/mol. The summed E-state index contributed by atoms with van der Waals surface area (Å²) in [6.07, 6.45) is 2.83. The van der Waals surface area contributed by atoms with Crippen LogP contribution in [0.2, 0.25) is 0 Å². The molecule has 2 amide bonds. The van der Waals surface area contributed by atoms with Crippen molar-refractivity contribution in [1.29, 1.82) is 0 Å². The number of sulfonamides is 1. The van der Waals surface area contributed by atoms with Crippen LogP contribution in [0.15, 0.2) is 44.5 Å². The van der Waals surface area contributed by atoms with Crippen molar-refractivity contribution in [2.45, 2.75) is 29.6 Å². The zero-order chi connectivity index (χ0) is 18.6. The van der Waals surface area contributed by atoms with Crippen molar-refractivity contribution in [3.05, 3.63) is 41.7 Å². The predicted molar refractivity (Wildman–Crippen MR) is 94.8 cm³/mol. The van der Waals surface area contributed by atoms with Gasteiger partial charge in [-0.15, -0.1) is 11.3 Å². The van der Waals surface area contributed by atoms with Crippen molar-refractivity contribution in [1.82, 2.24) is 14.9 Å². The Morgan fingerprint density at radius 1 is 1.23 bits per heavy atom. The van der Waals surface area contributed by atoms with E-state index in [9.17, 15) is 18.0 Å². The quantitative estimate of drug-likeness (QED) is 0.705. The molecule has 1 aliphatic heterocycles. The number of nitrogens with one attached hydrogen (secondary N) is 2. The van der Waals surface area contributed by atoms with Gasteiger partial charge >= 0.3 is 11.8 Å². The van der Waals surface area contributed by atoms with E-state index < -0.39 is 21.8 Å². The summed E-state index contributed by atoms with van der Waals surface area (Å²) in [6.45, 7) is 0.616. The summed E-state index contributed by atoms with van der Waals surface area (Å²) in [5.41, 5.74) is 0. The summed E-state index contributed by atoms with van der Waals surface area (Å²) in [7, 11) is -3.56. The molecule has 1 aliphatic rings. The average molecular weight is 397 g/mol. The smallest absolute Gasteiger partial charge is 0.309 e. The Labute approximate surface area is 155 Å². The number of nitrogens with zero attached hydrogens (tertiary/aromatic N) is 1. The highest BCUT2D eigenvalue weighted by Gasteiger charge is 2.36. The maximum Gasteiger partial charge on any atom is 0.309 e. The van der Waals surface area contributed by atoms with Crippen LogP contribution in [0.3, 0.4) is 0 Å².